The smallest absolute Gasteiger partial charge is 0.193 e. The van der Waals surface area contributed by atoms with E-state index >= 15 is 0 Å². The molecule has 0 aliphatic carbocycles. The molecule has 0 bridgehead atoms. The Bertz CT molecular complexity index is 417. The van der Waals surface area contributed by atoms with Gasteiger partial charge in [-0.15, -0.1) is 41.9 Å². The molecule has 4 nitrogen and oxygen atoms in total. The van der Waals surface area contributed by atoms with Gasteiger partial charge in [0.05, 0.1) is 6.54 Å². The minimum atomic E-state index is 0. The molecule has 1 rings (SSSR count). The molecule has 0 unspecified atom stereocenters. The Hall–Kier alpha value is -0.630. The molecule has 0 radical (unpaired) electrons. The van der Waals surface area contributed by atoms with Gasteiger partial charge in [0.2, 0.25) is 0 Å². The zero-order chi connectivity index (χ0) is 14.1. The summed E-state index contributed by atoms with van der Waals surface area (Å²) < 4.78 is 0. The molecule has 0 atom stereocenters. The lowest BCUT2D eigenvalue weighted by molar-refractivity contribution is 0.470. The van der Waals surface area contributed by atoms with Crippen molar-refractivity contribution in [3.05, 3.63) is 28.7 Å². The summed E-state index contributed by atoms with van der Waals surface area (Å²) in [7, 11) is 3.86. The van der Waals surface area contributed by atoms with Gasteiger partial charge in [0.1, 0.15) is 5.01 Å². The van der Waals surface area contributed by atoms with Crippen LogP contribution in [0.5, 0.6) is 0 Å². The third-order valence-corrected chi connectivity index (χ3v) is 3.96. The Kier molecular flexibility index (Phi) is 10.7. The van der Waals surface area contributed by atoms with Crippen molar-refractivity contribution >= 4 is 41.3 Å². The lowest BCUT2D eigenvalue weighted by Gasteiger charge is -2.21. The lowest BCUT2D eigenvalue weighted by Crippen LogP contribution is -2.38. The number of aromatic nitrogens is 1. The van der Waals surface area contributed by atoms with Crippen LogP contribution in [0.4, 0.5) is 0 Å². The molecule has 1 aromatic heterocycles. The van der Waals surface area contributed by atoms with Crippen molar-refractivity contribution in [1.29, 1.82) is 0 Å². The van der Waals surface area contributed by atoms with E-state index in [1.807, 2.05) is 19.3 Å². The van der Waals surface area contributed by atoms with Crippen molar-refractivity contribution < 1.29 is 0 Å². The molecule has 0 aromatic carbocycles. The number of nitrogens with zero attached hydrogens (tertiary/aromatic N) is 3. The van der Waals surface area contributed by atoms with E-state index in [2.05, 4.69) is 40.7 Å². The fraction of sp³-hybridized carbons (Fsp3) is 0.571. The van der Waals surface area contributed by atoms with Crippen molar-refractivity contribution in [2.24, 2.45) is 4.99 Å². The number of hydrogen-bond acceptors (Lipinski definition) is 3. The van der Waals surface area contributed by atoms with Gasteiger partial charge in [0.25, 0.3) is 0 Å². The van der Waals surface area contributed by atoms with E-state index in [0.717, 1.165) is 43.3 Å². The summed E-state index contributed by atoms with van der Waals surface area (Å²) in [5.41, 5.74) is 0. The average molecular weight is 408 g/mol. The Morgan fingerprint density at radius 2 is 2.35 bits per heavy atom. The number of aryl methyl sites for hydroxylation is 1. The van der Waals surface area contributed by atoms with Gasteiger partial charge in [-0.3, -0.25) is 4.99 Å². The first-order chi connectivity index (χ1) is 9.21. The number of allylic oxidation sites excluding steroid dienone is 1. The fourth-order valence-corrected chi connectivity index (χ4v) is 2.51. The van der Waals surface area contributed by atoms with Gasteiger partial charge in [0, 0.05) is 31.7 Å². The van der Waals surface area contributed by atoms with Crippen LogP contribution in [-0.2, 0) is 13.0 Å². The molecule has 0 saturated heterocycles. The predicted molar refractivity (Wildman–Crippen MR) is 99.2 cm³/mol. The van der Waals surface area contributed by atoms with Crippen LogP contribution in [-0.4, -0.2) is 36.5 Å². The lowest BCUT2D eigenvalue weighted by atomic mass is 10.3. The zero-order valence-electron chi connectivity index (χ0n) is 12.6. The maximum Gasteiger partial charge on any atom is 0.193 e. The van der Waals surface area contributed by atoms with Gasteiger partial charge >= 0.3 is 0 Å². The van der Waals surface area contributed by atoms with Crippen LogP contribution in [0.3, 0.4) is 0 Å². The van der Waals surface area contributed by atoms with E-state index in [-0.39, 0.29) is 24.0 Å². The van der Waals surface area contributed by atoms with Gasteiger partial charge in [-0.05, 0) is 19.3 Å². The van der Waals surface area contributed by atoms with Crippen LogP contribution in [0.1, 0.15) is 29.7 Å². The summed E-state index contributed by atoms with van der Waals surface area (Å²) in [6, 6.07) is 0. The Morgan fingerprint density at radius 1 is 1.60 bits per heavy atom. The third kappa shape index (κ3) is 6.69. The molecule has 1 aromatic rings. The molecule has 0 aliphatic heterocycles. The minimum Gasteiger partial charge on any atom is -0.350 e. The highest BCUT2D eigenvalue weighted by atomic mass is 127. The summed E-state index contributed by atoms with van der Waals surface area (Å²) in [6.45, 7) is 7.60. The van der Waals surface area contributed by atoms with E-state index in [9.17, 15) is 0 Å². The number of unbranched alkanes of at least 4 members (excludes halogenated alkanes) is 1. The maximum absolute atomic E-state index is 4.40. The Balaban J connectivity index is 0.00000361. The van der Waals surface area contributed by atoms with Crippen LogP contribution in [0.2, 0.25) is 0 Å². The van der Waals surface area contributed by atoms with Crippen LogP contribution in [0.15, 0.2) is 23.8 Å². The number of aliphatic imine (C=N–C) groups is 1. The second-order valence-corrected chi connectivity index (χ2v) is 5.53. The van der Waals surface area contributed by atoms with Crippen molar-refractivity contribution in [3.8, 4) is 0 Å². The molecule has 0 fully saturated rings. The van der Waals surface area contributed by atoms with E-state index < -0.39 is 0 Å². The Morgan fingerprint density at radius 3 is 2.90 bits per heavy atom. The van der Waals surface area contributed by atoms with Gasteiger partial charge in [0.15, 0.2) is 5.96 Å². The molecule has 1 heterocycles. The minimum absolute atomic E-state index is 0. The summed E-state index contributed by atoms with van der Waals surface area (Å²) in [4.78, 5) is 12.2. The molecule has 0 spiro atoms. The summed E-state index contributed by atoms with van der Waals surface area (Å²) in [5.74, 6) is 0.914. The quantitative estimate of drug-likeness (QED) is 0.248. The van der Waals surface area contributed by atoms with Crippen LogP contribution in [0.25, 0.3) is 0 Å². The van der Waals surface area contributed by atoms with Crippen molar-refractivity contribution in [3.63, 3.8) is 0 Å². The normalized spacial score (nSPS) is 10.8. The summed E-state index contributed by atoms with van der Waals surface area (Å²) in [6.07, 6.45) is 7.09. The number of thiazole rings is 1. The van der Waals surface area contributed by atoms with Crippen LogP contribution in [0, 0.1) is 0 Å². The van der Waals surface area contributed by atoms with E-state index in [0.29, 0.717) is 0 Å². The third-order valence-electron chi connectivity index (χ3n) is 2.82. The molecule has 1 N–H and O–H groups in total. The zero-order valence-corrected chi connectivity index (χ0v) is 15.7. The first kappa shape index (κ1) is 19.4. The first-order valence-electron chi connectivity index (χ1n) is 6.67. The average Bonchev–Trinajstić information content (AvgIpc) is 2.88. The number of nitrogens with one attached hydrogen (secondary N) is 1. The van der Waals surface area contributed by atoms with Crippen LogP contribution < -0.4 is 5.32 Å². The van der Waals surface area contributed by atoms with E-state index in [4.69, 9.17) is 0 Å². The number of guanidine groups is 1. The monoisotopic (exact) mass is 408 g/mol. The summed E-state index contributed by atoms with van der Waals surface area (Å²) >= 11 is 1.76. The maximum atomic E-state index is 4.40. The fourth-order valence-electron chi connectivity index (χ4n) is 1.71. The molecular weight excluding hydrogens is 383 g/mol. The highest BCUT2D eigenvalue weighted by Crippen LogP contribution is 2.12. The molecule has 20 heavy (non-hydrogen) atoms. The van der Waals surface area contributed by atoms with Crippen LogP contribution >= 0.6 is 35.3 Å². The van der Waals surface area contributed by atoms with Gasteiger partial charge in [-0.25, -0.2) is 4.98 Å². The number of rotatable bonds is 7. The van der Waals surface area contributed by atoms with Gasteiger partial charge in [-0.2, -0.15) is 0 Å². The van der Waals surface area contributed by atoms with Crippen molar-refractivity contribution in [2.75, 3.05) is 20.6 Å². The molecule has 0 amide bonds. The van der Waals surface area contributed by atoms with Crippen molar-refractivity contribution in [2.45, 2.75) is 32.7 Å². The standard InChI is InChI=1S/C14H24N4S.HI/c1-5-7-8-9-18(4)14(15-3)17-11-13-16-10-12(6-2)19-13;/h5,10H,1,6-9,11H2,2-4H3,(H,15,17);1H. The summed E-state index contributed by atoms with van der Waals surface area (Å²) in [5, 5.41) is 4.46. The van der Waals surface area contributed by atoms with E-state index in [1.54, 1.807) is 11.3 Å². The first-order valence-corrected chi connectivity index (χ1v) is 7.49. The highest BCUT2D eigenvalue weighted by molar-refractivity contribution is 14.0. The second-order valence-electron chi connectivity index (χ2n) is 4.33. The highest BCUT2D eigenvalue weighted by Gasteiger charge is 2.06. The largest absolute Gasteiger partial charge is 0.350 e. The number of halogens is 1. The molecule has 6 heteroatoms. The van der Waals surface area contributed by atoms with Gasteiger partial charge in [-0.1, -0.05) is 13.0 Å². The topological polar surface area (TPSA) is 40.5 Å². The molecule has 0 aliphatic rings. The predicted octanol–water partition coefficient (Wildman–Crippen LogP) is 3.30. The van der Waals surface area contributed by atoms with Gasteiger partial charge < -0.3 is 10.2 Å². The SMILES string of the molecule is C=CCCCN(C)C(=NC)NCc1ncc(CC)s1.I. The van der Waals surface area contributed by atoms with E-state index in [1.165, 1.54) is 4.88 Å². The number of hydrogen-bond donors (Lipinski definition) is 1. The molecule has 114 valence electrons. The molecular formula is C14H25IN4S. The van der Waals surface area contributed by atoms with Crippen molar-refractivity contribution in [1.82, 2.24) is 15.2 Å². The Labute approximate surface area is 143 Å². The molecule has 0 saturated carbocycles. The second kappa shape index (κ2) is 11.1.